The lowest BCUT2D eigenvalue weighted by Crippen LogP contribution is -2.24. The lowest BCUT2D eigenvalue weighted by atomic mass is 10.1. The number of hydrogen-bond acceptors (Lipinski definition) is 5. The number of aromatic nitrogens is 4. The van der Waals surface area contributed by atoms with Crippen LogP contribution in [-0.2, 0) is 24.2 Å². The van der Waals surface area contributed by atoms with Crippen LogP contribution in [0.5, 0.6) is 0 Å². The van der Waals surface area contributed by atoms with E-state index in [1.54, 1.807) is 6.33 Å². The predicted molar refractivity (Wildman–Crippen MR) is 110 cm³/mol. The van der Waals surface area contributed by atoms with Crippen LogP contribution < -0.4 is 5.32 Å². The molecule has 2 aromatic heterocycles. The summed E-state index contributed by atoms with van der Waals surface area (Å²) >= 11 is 1.41. The molecule has 1 aliphatic carbocycles. The van der Waals surface area contributed by atoms with Crippen LogP contribution in [0.4, 0.5) is 0 Å². The lowest BCUT2D eigenvalue weighted by Gasteiger charge is -2.07. The number of thioether (sulfide) groups is 1. The first-order chi connectivity index (χ1) is 13.6. The van der Waals surface area contributed by atoms with Gasteiger partial charge < -0.3 is 5.32 Å². The van der Waals surface area contributed by atoms with Crippen molar-refractivity contribution in [2.45, 2.75) is 44.7 Å². The van der Waals surface area contributed by atoms with Gasteiger partial charge in [-0.1, -0.05) is 41.6 Å². The van der Waals surface area contributed by atoms with Crippen molar-refractivity contribution in [1.29, 1.82) is 0 Å². The summed E-state index contributed by atoms with van der Waals surface area (Å²) < 4.78 is 1.93. The number of hydrogen-bond donors (Lipinski definition) is 1. The van der Waals surface area contributed by atoms with Crippen molar-refractivity contribution >= 4 is 17.7 Å². The first kappa shape index (κ1) is 18.7. The molecule has 0 bridgehead atoms. The van der Waals surface area contributed by atoms with Gasteiger partial charge >= 0.3 is 0 Å². The fraction of sp³-hybridized carbons (Fsp3) is 0.333. The number of carbonyl (C=O) groups is 1. The van der Waals surface area contributed by atoms with Gasteiger partial charge in [-0.2, -0.15) is 5.10 Å². The van der Waals surface area contributed by atoms with Crippen LogP contribution in [-0.4, -0.2) is 31.4 Å². The van der Waals surface area contributed by atoms with Gasteiger partial charge in [0, 0.05) is 18.3 Å². The SMILES string of the molecule is Cc1ccc(CNC(=O)CSc2cc(-n3nc(C)c4c3CCC4)ncn2)cc1. The molecule has 0 spiro atoms. The van der Waals surface area contributed by atoms with E-state index < -0.39 is 0 Å². The van der Waals surface area contributed by atoms with Crippen molar-refractivity contribution in [3.63, 3.8) is 0 Å². The molecule has 0 atom stereocenters. The van der Waals surface area contributed by atoms with Crippen LogP contribution in [0.1, 0.15) is 34.5 Å². The molecule has 1 N–H and O–H groups in total. The second kappa shape index (κ2) is 8.14. The van der Waals surface area contributed by atoms with E-state index in [0.29, 0.717) is 12.3 Å². The first-order valence-corrected chi connectivity index (χ1v) is 10.4. The van der Waals surface area contributed by atoms with Crippen LogP contribution in [0.2, 0.25) is 0 Å². The van der Waals surface area contributed by atoms with Gasteiger partial charge in [0.1, 0.15) is 11.4 Å². The van der Waals surface area contributed by atoms with Crippen molar-refractivity contribution in [3.05, 3.63) is 64.7 Å². The average Bonchev–Trinajstić information content (AvgIpc) is 3.30. The second-order valence-corrected chi connectivity index (χ2v) is 8.04. The largest absolute Gasteiger partial charge is 0.351 e. The van der Waals surface area contributed by atoms with Crippen molar-refractivity contribution in [2.24, 2.45) is 0 Å². The maximum atomic E-state index is 12.2. The van der Waals surface area contributed by atoms with E-state index in [9.17, 15) is 4.79 Å². The Labute approximate surface area is 168 Å². The highest BCUT2D eigenvalue weighted by Crippen LogP contribution is 2.27. The van der Waals surface area contributed by atoms with E-state index in [1.807, 2.05) is 41.9 Å². The van der Waals surface area contributed by atoms with Crippen molar-refractivity contribution < 1.29 is 4.79 Å². The molecule has 1 aromatic carbocycles. The molecule has 3 aromatic rings. The molecule has 1 aliphatic rings. The van der Waals surface area contributed by atoms with Gasteiger partial charge in [-0.3, -0.25) is 4.79 Å². The first-order valence-electron chi connectivity index (χ1n) is 9.45. The molecule has 144 valence electrons. The van der Waals surface area contributed by atoms with Gasteiger partial charge in [0.15, 0.2) is 5.82 Å². The fourth-order valence-corrected chi connectivity index (χ4v) is 4.12. The summed E-state index contributed by atoms with van der Waals surface area (Å²) in [5.74, 6) is 1.07. The highest BCUT2D eigenvalue weighted by molar-refractivity contribution is 7.99. The van der Waals surface area contributed by atoms with E-state index in [-0.39, 0.29) is 5.91 Å². The Morgan fingerprint density at radius 1 is 1.18 bits per heavy atom. The zero-order valence-electron chi connectivity index (χ0n) is 16.1. The fourth-order valence-electron chi connectivity index (χ4n) is 3.43. The van der Waals surface area contributed by atoms with Gasteiger partial charge in [-0.25, -0.2) is 14.6 Å². The molecule has 0 radical (unpaired) electrons. The molecule has 6 nitrogen and oxygen atoms in total. The van der Waals surface area contributed by atoms with E-state index in [0.717, 1.165) is 34.9 Å². The van der Waals surface area contributed by atoms with Crippen LogP contribution in [0.3, 0.4) is 0 Å². The summed E-state index contributed by atoms with van der Waals surface area (Å²) in [5.41, 5.74) is 5.99. The summed E-state index contributed by atoms with van der Waals surface area (Å²) in [6, 6.07) is 10.1. The van der Waals surface area contributed by atoms with Gasteiger partial charge in [0.05, 0.1) is 11.4 Å². The summed E-state index contributed by atoms with van der Waals surface area (Å²) in [6.07, 6.45) is 4.83. The Morgan fingerprint density at radius 2 is 2.00 bits per heavy atom. The molecular formula is C21H23N5OS. The Bertz CT molecular complexity index is 997. The molecule has 4 rings (SSSR count). The van der Waals surface area contributed by atoms with E-state index in [4.69, 9.17) is 0 Å². The third-order valence-electron chi connectivity index (χ3n) is 4.94. The lowest BCUT2D eigenvalue weighted by molar-refractivity contribution is -0.118. The van der Waals surface area contributed by atoms with Gasteiger partial charge in [0.2, 0.25) is 5.91 Å². The number of nitrogens with zero attached hydrogens (tertiary/aromatic N) is 4. The van der Waals surface area contributed by atoms with Crippen LogP contribution in [0, 0.1) is 13.8 Å². The smallest absolute Gasteiger partial charge is 0.230 e. The van der Waals surface area contributed by atoms with Crippen LogP contribution in [0.15, 0.2) is 41.7 Å². The number of amides is 1. The molecule has 0 unspecified atom stereocenters. The van der Waals surface area contributed by atoms with Crippen LogP contribution >= 0.6 is 11.8 Å². The molecule has 0 fully saturated rings. The number of nitrogens with one attached hydrogen (secondary N) is 1. The van der Waals surface area contributed by atoms with E-state index in [1.165, 1.54) is 35.0 Å². The normalized spacial score (nSPS) is 12.8. The van der Waals surface area contributed by atoms with Gasteiger partial charge in [-0.15, -0.1) is 0 Å². The highest BCUT2D eigenvalue weighted by atomic mass is 32.2. The van der Waals surface area contributed by atoms with Gasteiger partial charge in [0.25, 0.3) is 0 Å². The Balaban J connectivity index is 1.37. The summed E-state index contributed by atoms with van der Waals surface area (Å²) in [4.78, 5) is 20.9. The Morgan fingerprint density at radius 3 is 2.82 bits per heavy atom. The maximum absolute atomic E-state index is 12.2. The minimum atomic E-state index is -0.0124. The zero-order chi connectivity index (χ0) is 19.5. The third-order valence-corrected chi connectivity index (χ3v) is 5.86. The summed E-state index contributed by atoms with van der Waals surface area (Å²) in [6.45, 7) is 4.64. The van der Waals surface area contributed by atoms with E-state index >= 15 is 0 Å². The molecule has 0 saturated heterocycles. The Kier molecular flexibility index (Phi) is 5.43. The maximum Gasteiger partial charge on any atom is 0.230 e. The summed E-state index contributed by atoms with van der Waals surface area (Å²) in [7, 11) is 0. The molecule has 2 heterocycles. The molecule has 1 amide bonds. The zero-order valence-corrected chi connectivity index (χ0v) is 16.9. The minimum absolute atomic E-state index is 0.0124. The molecule has 0 saturated carbocycles. The van der Waals surface area contributed by atoms with Crippen molar-refractivity contribution in [2.75, 3.05) is 5.75 Å². The summed E-state index contributed by atoms with van der Waals surface area (Å²) in [5, 5.41) is 8.37. The molecule has 7 heteroatoms. The molecule has 28 heavy (non-hydrogen) atoms. The number of benzene rings is 1. The van der Waals surface area contributed by atoms with Crippen LogP contribution in [0.25, 0.3) is 5.82 Å². The monoisotopic (exact) mass is 393 g/mol. The Hall–Kier alpha value is -2.67. The van der Waals surface area contributed by atoms with Gasteiger partial charge in [-0.05, 0) is 44.2 Å². The number of carbonyl (C=O) groups excluding carboxylic acids is 1. The predicted octanol–water partition coefficient (Wildman–Crippen LogP) is 3.18. The number of fused-ring (bicyclic) bond motifs is 1. The van der Waals surface area contributed by atoms with Crippen molar-refractivity contribution in [3.8, 4) is 5.82 Å². The molecule has 0 aliphatic heterocycles. The topological polar surface area (TPSA) is 72.7 Å². The number of aryl methyl sites for hydroxylation is 2. The standard InChI is InChI=1S/C21H23N5OS/c1-14-6-8-16(9-7-14)11-22-20(27)12-28-21-10-19(23-13-24-21)26-18-5-3-4-17(18)15(2)25-26/h6-10,13H,3-5,11-12H2,1-2H3,(H,22,27). The third kappa shape index (κ3) is 4.09. The van der Waals surface area contributed by atoms with Crippen molar-refractivity contribution in [1.82, 2.24) is 25.1 Å². The average molecular weight is 394 g/mol. The second-order valence-electron chi connectivity index (χ2n) is 7.04. The highest BCUT2D eigenvalue weighted by Gasteiger charge is 2.21. The quantitative estimate of drug-likeness (QED) is 0.514. The van der Waals surface area contributed by atoms with E-state index in [2.05, 4.69) is 27.3 Å². The minimum Gasteiger partial charge on any atom is -0.351 e. The molecular weight excluding hydrogens is 370 g/mol. The number of rotatable bonds is 6.